The second kappa shape index (κ2) is 23.3. The molecule has 4 bridgehead atoms. The Bertz CT molecular complexity index is 3540. The molecule has 13 rings (SSSR count). The van der Waals surface area contributed by atoms with Crippen LogP contribution in [0.5, 0.6) is 11.8 Å². The molecular formula is C64H81N16O4+. The van der Waals surface area contributed by atoms with Gasteiger partial charge >= 0.3 is 0 Å². The molecule has 0 radical (unpaired) electrons. The summed E-state index contributed by atoms with van der Waals surface area (Å²) in [5.41, 5.74) is 17.0. The molecule has 440 valence electrons. The third kappa shape index (κ3) is 11.5. The second-order valence-corrected chi connectivity index (χ2v) is 24.7. The van der Waals surface area contributed by atoms with Gasteiger partial charge in [0.1, 0.15) is 5.56 Å². The Morgan fingerprint density at radius 1 is 0.702 bits per heavy atom. The van der Waals surface area contributed by atoms with Gasteiger partial charge in [0.15, 0.2) is 0 Å². The number of nitrogens with zero attached hydrogens (tertiary/aromatic N) is 11. The SMILES string of the molecule is Cc1cc2cc(n1)-c1cnn(C)c1OCCC[C@@H](C1CC1)CN1/C(=N/C2=O)Nc2ccc(NC3CCN(C(C)C)C([n+]4cc5c(n4C)OCCC[C@@H](C4CC4)CN4/C(=N/C(=O)c6cc(C)nc-5c6)Nc5cc(NCCCCN)ccc54)C3)cc21. The quantitative estimate of drug-likeness (QED) is 0.0603. The van der Waals surface area contributed by atoms with Crippen molar-refractivity contribution < 1.29 is 23.7 Å². The van der Waals surface area contributed by atoms with E-state index in [-0.39, 0.29) is 30.1 Å². The van der Waals surface area contributed by atoms with Gasteiger partial charge in [-0.1, -0.05) is 4.68 Å². The van der Waals surface area contributed by atoms with Crippen LogP contribution in [0.2, 0.25) is 0 Å². The fourth-order valence-electron chi connectivity index (χ4n) is 13.5. The molecule has 0 spiro atoms. The number of amides is 2. The monoisotopic (exact) mass is 1140 g/mol. The fraction of sp³-hybridized carbons (Fsp3) is 0.500. The minimum Gasteiger partial charge on any atom is -0.477 e. The lowest BCUT2D eigenvalue weighted by Crippen LogP contribution is -2.59. The highest BCUT2D eigenvalue weighted by Crippen LogP contribution is 2.45. The predicted molar refractivity (Wildman–Crippen MR) is 329 cm³/mol. The number of fused-ring (bicyclic) bond motifs is 14. The van der Waals surface area contributed by atoms with Crippen molar-refractivity contribution in [3.8, 4) is 34.3 Å². The van der Waals surface area contributed by atoms with Gasteiger partial charge in [0.05, 0.1) is 66.2 Å². The first-order chi connectivity index (χ1) is 40.8. The summed E-state index contributed by atoms with van der Waals surface area (Å²) in [5, 5.41) is 19.2. The van der Waals surface area contributed by atoms with Crippen molar-refractivity contribution in [2.24, 2.45) is 53.5 Å². The van der Waals surface area contributed by atoms with E-state index in [1.54, 1.807) is 23.0 Å². The van der Waals surface area contributed by atoms with E-state index in [4.69, 9.17) is 35.2 Å². The molecule has 2 unspecified atom stereocenters. The Labute approximate surface area is 492 Å². The number of aromatic nitrogens is 6. The molecule has 84 heavy (non-hydrogen) atoms. The topological polar surface area (TPSA) is 214 Å². The van der Waals surface area contributed by atoms with Gasteiger partial charge in [-0.3, -0.25) is 19.6 Å². The van der Waals surface area contributed by atoms with E-state index in [1.165, 1.54) is 25.7 Å². The third-order valence-corrected chi connectivity index (χ3v) is 18.2. The number of aryl methyl sites for hydroxylation is 3. The fourth-order valence-corrected chi connectivity index (χ4v) is 13.5. The van der Waals surface area contributed by atoms with E-state index in [0.29, 0.717) is 89.4 Å². The molecule has 20 heteroatoms. The van der Waals surface area contributed by atoms with Crippen LogP contribution in [-0.2, 0) is 14.1 Å². The van der Waals surface area contributed by atoms with Crippen molar-refractivity contribution in [1.82, 2.24) is 29.3 Å². The van der Waals surface area contributed by atoms with Gasteiger partial charge < -0.3 is 46.3 Å². The Hall–Kier alpha value is -7.84. The first-order valence-electron chi connectivity index (χ1n) is 30.8. The Morgan fingerprint density at radius 2 is 1.33 bits per heavy atom. The average molecular weight is 1140 g/mol. The summed E-state index contributed by atoms with van der Waals surface area (Å²) < 4.78 is 19.6. The Balaban J connectivity index is 0.786. The summed E-state index contributed by atoms with van der Waals surface area (Å²) in [4.78, 5) is 55.5. The third-order valence-electron chi connectivity index (χ3n) is 18.2. The van der Waals surface area contributed by atoms with Crippen LogP contribution in [0.4, 0.5) is 34.1 Å². The molecule has 6 aromatic rings. The number of pyridine rings is 2. The van der Waals surface area contributed by atoms with E-state index in [0.717, 1.165) is 134 Å². The number of unbranched alkanes of at least 4 members (excludes halogenated alkanes) is 1. The number of hydrogen-bond donors (Lipinski definition) is 5. The van der Waals surface area contributed by atoms with E-state index in [2.05, 4.69) is 114 Å². The largest absolute Gasteiger partial charge is 0.477 e. The van der Waals surface area contributed by atoms with E-state index >= 15 is 0 Å². The van der Waals surface area contributed by atoms with Gasteiger partial charge in [-0.05, 0) is 189 Å². The number of aliphatic imine (C=N–C) groups is 2. The van der Waals surface area contributed by atoms with Crippen molar-refractivity contribution in [3.63, 3.8) is 0 Å². The molecule has 6 N–H and O–H groups in total. The van der Waals surface area contributed by atoms with Crippen LogP contribution < -0.4 is 51.0 Å². The maximum absolute atomic E-state index is 14.6. The molecule has 20 nitrogen and oxygen atoms in total. The van der Waals surface area contributed by atoms with Crippen LogP contribution in [0.25, 0.3) is 22.5 Å². The smallest absolute Gasteiger partial charge is 0.280 e. The number of likely N-dealkylation sites (tertiary alicyclic amines) is 1. The number of nitrogens with two attached hydrogens (primary N) is 1. The molecule has 4 aromatic heterocycles. The first kappa shape index (κ1) is 55.4. The van der Waals surface area contributed by atoms with Crippen LogP contribution in [0.3, 0.4) is 0 Å². The van der Waals surface area contributed by atoms with E-state index < -0.39 is 0 Å². The lowest BCUT2D eigenvalue weighted by molar-refractivity contribution is -0.816. The lowest BCUT2D eigenvalue weighted by atomic mass is 9.97. The number of guanidine groups is 2. The van der Waals surface area contributed by atoms with Gasteiger partial charge in [-0.25, -0.2) is 9.58 Å². The molecule has 2 saturated carbocycles. The van der Waals surface area contributed by atoms with Crippen LogP contribution in [0, 0.1) is 37.5 Å². The summed E-state index contributed by atoms with van der Waals surface area (Å²) in [7, 11) is 3.97. The van der Waals surface area contributed by atoms with Gasteiger partial charge in [0, 0.05) is 85.6 Å². The van der Waals surface area contributed by atoms with E-state index in [1.807, 2.05) is 33.0 Å². The highest BCUT2D eigenvalue weighted by Gasteiger charge is 2.42. The van der Waals surface area contributed by atoms with Gasteiger partial charge in [0.2, 0.25) is 30.2 Å². The first-order valence-corrected chi connectivity index (χ1v) is 30.8. The van der Waals surface area contributed by atoms with Crippen molar-refractivity contribution in [3.05, 3.63) is 95.6 Å². The molecular weight excluding hydrogens is 1060 g/mol. The molecule has 9 heterocycles. The highest BCUT2D eigenvalue weighted by atomic mass is 16.5. The number of benzene rings is 2. The van der Waals surface area contributed by atoms with Crippen LogP contribution in [-0.4, -0.2) is 111 Å². The maximum atomic E-state index is 14.6. The summed E-state index contributed by atoms with van der Waals surface area (Å²) >= 11 is 0. The number of ether oxygens (including phenoxy) is 2. The summed E-state index contributed by atoms with van der Waals surface area (Å²) in [5.74, 6) is 3.81. The van der Waals surface area contributed by atoms with Crippen LogP contribution in [0.1, 0.15) is 129 Å². The minimum atomic E-state index is -0.340. The van der Waals surface area contributed by atoms with Gasteiger partial charge in [-0.15, -0.1) is 4.68 Å². The molecule has 2 aliphatic carbocycles. The summed E-state index contributed by atoms with van der Waals surface area (Å²) in [6, 6.07) is 20.6. The zero-order valence-corrected chi connectivity index (χ0v) is 49.5. The van der Waals surface area contributed by atoms with Crippen molar-refractivity contribution in [1.29, 1.82) is 0 Å². The standard InChI is InChI=1S/C64H80N16O4/c1-38(2)77-24-21-49(70-48-17-19-52-57(32-48)79-36-44(42-15-16-42)11-9-25-83-61-50(34-67-75(61)5)53-29-45(27-39(3)68-53)59(81)73-63(79)71-52)33-58(77)80-37-51-54-30-46(28-40(4)69-54)60(82)74-64-72-55-31-47(66-23-8-7-22-65)18-20-56(55)78(64)35-43(41-13-14-41)12-10-26-84-62(51)76(80)6/h17-20,27-32,34,37-38,41-44,49,58,66H,7-16,21-26,33,35-36,65H2,1-6H3,(H2-,68,69,70,71,72,73,74,81,82)/p+1/t43-,44-,49?,58?/m1/s1. The number of carbonyl (C=O) groups is 2. The van der Waals surface area contributed by atoms with Crippen molar-refractivity contribution in [2.45, 2.75) is 123 Å². The molecule has 7 aliphatic rings. The van der Waals surface area contributed by atoms with Crippen LogP contribution in [0.15, 0.2) is 83.0 Å². The van der Waals surface area contributed by atoms with Gasteiger partial charge in [0.25, 0.3) is 17.7 Å². The number of piperidine rings is 1. The number of anilines is 6. The number of carbonyl (C=O) groups excluding carboxylic acids is 2. The van der Waals surface area contributed by atoms with E-state index in [9.17, 15) is 9.59 Å². The van der Waals surface area contributed by atoms with Crippen molar-refractivity contribution >= 4 is 57.9 Å². The average Bonchev–Trinajstić information content (AvgIpc) is 4.53. The van der Waals surface area contributed by atoms with Crippen LogP contribution >= 0.6 is 0 Å². The van der Waals surface area contributed by atoms with Gasteiger partial charge in [-0.2, -0.15) is 15.1 Å². The lowest BCUT2D eigenvalue weighted by Gasteiger charge is -2.38. The number of hydrogen-bond acceptors (Lipinski definition) is 15. The zero-order valence-electron chi connectivity index (χ0n) is 49.5. The Kier molecular flexibility index (Phi) is 15.4. The number of rotatable bonds is 11. The molecule has 3 fully saturated rings. The molecule has 2 amide bonds. The summed E-state index contributed by atoms with van der Waals surface area (Å²) in [6.45, 7) is 13.4. The molecule has 4 atom stereocenters. The summed E-state index contributed by atoms with van der Waals surface area (Å²) in [6.07, 6.45) is 16.1. The molecule has 2 aromatic carbocycles. The number of nitrogens with one attached hydrogen (secondary N) is 4. The molecule has 1 saturated heterocycles. The molecule has 5 aliphatic heterocycles. The highest BCUT2D eigenvalue weighted by molar-refractivity contribution is 6.20. The second-order valence-electron chi connectivity index (χ2n) is 24.7. The Morgan fingerprint density at radius 3 is 1.99 bits per heavy atom. The predicted octanol–water partition coefficient (Wildman–Crippen LogP) is 9.68. The normalized spacial score (nSPS) is 23.2. The zero-order chi connectivity index (χ0) is 57.8. The minimum absolute atomic E-state index is 0.0414. The van der Waals surface area contributed by atoms with Crippen molar-refractivity contribution in [2.75, 3.05) is 77.0 Å². The maximum Gasteiger partial charge on any atom is 0.280 e.